The molecular weight excluding hydrogens is 318 g/mol. The minimum atomic E-state index is -4.47. The molecule has 0 aliphatic carbocycles. The minimum absolute atomic E-state index is 0.0317. The van der Waals surface area contributed by atoms with E-state index in [-0.39, 0.29) is 15.9 Å². The van der Waals surface area contributed by atoms with Crippen molar-refractivity contribution in [3.05, 3.63) is 18.2 Å². The van der Waals surface area contributed by atoms with Gasteiger partial charge in [0.1, 0.15) is 0 Å². The first kappa shape index (κ1) is 15.9. The first-order valence-electron chi connectivity index (χ1n) is 6.17. The third-order valence-corrected chi connectivity index (χ3v) is 5.75. The molecule has 21 heavy (non-hydrogen) atoms. The van der Waals surface area contributed by atoms with Gasteiger partial charge in [-0.3, -0.25) is 4.55 Å². The van der Waals surface area contributed by atoms with Crippen LogP contribution in [0, 0.1) is 0 Å². The van der Waals surface area contributed by atoms with Crippen LogP contribution >= 0.6 is 0 Å². The first-order valence-corrected chi connectivity index (χ1v) is 9.05. The highest BCUT2D eigenvalue weighted by atomic mass is 32.2. The maximum absolute atomic E-state index is 12.4. The van der Waals surface area contributed by atoms with E-state index in [0.29, 0.717) is 13.1 Å². The summed E-state index contributed by atoms with van der Waals surface area (Å²) in [7, 11) is -8.11. The van der Waals surface area contributed by atoms with Crippen molar-refractivity contribution in [3.8, 4) is 0 Å². The summed E-state index contributed by atoms with van der Waals surface area (Å²) in [6.07, 6.45) is 0. The van der Waals surface area contributed by atoms with Gasteiger partial charge in [-0.2, -0.15) is 12.7 Å². The number of rotatable bonds is 5. The lowest BCUT2D eigenvalue weighted by atomic mass is 10.3. The SMILES string of the molecule is CCN(CC)S(=O)(=O)c1ccc2nc(S(=O)(=O)O)[nH]c2c1. The van der Waals surface area contributed by atoms with Gasteiger partial charge in [0.25, 0.3) is 5.16 Å². The van der Waals surface area contributed by atoms with Crippen LogP contribution in [0.1, 0.15) is 13.8 Å². The van der Waals surface area contributed by atoms with Crippen LogP contribution in [-0.4, -0.2) is 48.8 Å². The molecule has 1 aromatic carbocycles. The zero-order chi connectivity index (χ0) is 15.8. The van der Waals surface area contributed by atoms with Crippen molar-refractivity contribution in [2.75, 3.05) is 13.1 Å². The Balaban J connectivity index is 2.58. The fourth-order valence-corrected chi connectivity index (χ4v) is 3.90. The van der Waals surface area contributed by atoms with E-state index in [0.717, 1.165) is 0 Å². The van der Waals surface area contributed by atoms with Gasteiger partial charge in [-0.1, -0.05) is 13.8 Å². The van der Waals surface area contributed by atoms with Crippen LogP contribution in [0.5, 0.6) is 0 Å². The second-order valence-electron chi connectivity index (χ2n) is 4.29. The van der Waals surface area contributed by atoms with Crippen LogP contribution in [0.3, 0.4) is 0 Å². The summed E-state index contributed by atoms with van der Waals surface area (Å²) >= 11 is 0. The van der Waals surface area contributed by atoms with Crippen molar-refractivity contribution in [2.45, 2.75) is 23.9 Å². The normalized spacial score (nSPS) is 13.1. The Hall–Kier alpha value is -1.49. The third-order valence-electron chi connectivity index (χ3n) is 3.02. The molecule has 10 heteroatoms. The molecule has 0 bridgehead atoms. The number of nitrogens with one attached hydrogen (secondary N) is 1. The van der Waals surface area contributed by atoms with Crippen LogP contribution in [0.15, 0.2) is 28.3 Å². The molecule has 8 nitrogen and oxygen atoms in total. The number of hydrogen-bond acceptors (Lipinski definition) is 5. The van der Waals surface area contributed by atoms with Gasteiger partial charge >= 0.3 is 10.1 Å². The number of nitrogens with zero attached hydrogens (tertiary/aromatic N) is 2. The number of imidazole rings is 1. The Bertz CT molecular complexity index is 866. The molecule has 0 spiro atoms. The molecule has 0 saturated heterocycles. The molecule has 0 unspecified atom stereocenters. The van der Waals surface area contributed by atoms with Crippen LogP contribution in [0.25, 0.3) is 11.0 Å². The lowest BCUT2D eigenvalue weighted by Crippen LogP contribution is -2.30. The maximum atomic E-state index is 12.4. The molecule has 0 fully saturated rings. The molecule has 1 aromatic heterocycles. The number of benzene rings is 1. The van der Waals surface area contributed by atoms with E-state index in [4.69, 9.17) is 4.55 Å². The topological polar surface area (TPSA) is 120 Å². The summed E-state index contributed by atoms with van der Waals surface area (Å²) < 4.78 is 57.0. The summed E-state index contributed by atoms with van der Waals surface area (Å²) in [6, 6.07) is 4.03. The Morgan fingerprint density at radius 3 is 2.33 bits per heavy atom. The Kier molecular flexibility index (Phi) is 4.06. The Morgan fingerprint density at radius 1 is 1.19 bits per heavy atom. The van der Waals surface area contributed by atoms with Gasteiger partial charge in [-0.15, -0.1) is 0 Å². The molecule has 116 valence electrons. The van der Waals surface area contributed by atoms with E-state index in [1.165, 1.54) is 22.5 Å². The lowest BCUT2D eigenvalue weighted by Gasteiger charge is -2.18. The molecule has 0 atom stereocenters. The number of sulfonamides is 1. The summed E-state index contributed by atoms with van der Waals surface area (Å²) in [5.74, 6) is 0. The molecule has 0 aliphatic rings. The van der Waals surface area contributed by atoms with Gasteiger partial charge in [0.05, 0.1) is 15.9 Å². The molecule has 2 aromatic rings. The predicted octanol–water partition coefficient (Wildman–Crippen LogP) is 0.840. The van der Waals surface area contributed by atoms with Gasteiger partial charge in [-0.25, -0.2) is 13.4 Å². The molecule has 0 aliphatic heterocycles. The molecule has 0 amide bonds. The van der Waals surface area contributed by atoms with Crippen molar-refractivity contribution < 1.29 is 21.4 Å². The quantitative estimate of drug-likeness (QED) is 0.782. The first-order chi connectivity index (χ1) is 9.70. The molecular formula is C11H15N3O5S2. The third kappa shape index (κ3) is 2.93. The van der Waals surface area contributed by atoms with E-state index in [1.54, 1.807) is 13.8 Å². The highest BCUT2D eigenvalue weighted by Crippen LogP contribution is 2.21. The minimum Gasteiger partial charge on any atom is -0.327 e. The van der Waals surface area contributed by atoms with E-state index in [9.17, 15) is 16.8 Å². The summed E-state index contributed by atoms with van der Waals surface area (Å²) in [5, 5.41) is -0.616. The highest BCUT2D eigenvalue weighted by molar-refractivity contribution is 7.89. The van der Waals surface area contributed by atoms with Crippen molar-refractivity contribution in [2.24, 2.45) is 0 Å². The van der Waals surface area contributed by atoms with Crippen LogP contribution < -0.4 is 0 Å². The van der Waals surface area contributed by atoms with Gasteiger partial charge in [0, 0.05) is 13.1 Å². The second kappa shape index (κ2) is 5.37. The van der Waals surface area contributed by atoms with E-state index >= 15 is 0 Å². The second-order valence-corrected chi connectivity index (χ2v) is 7.56. The number of aromatic nitrogens is 2. The van der Waals surface area contributed by atoms with E-state index in [1.807, 2.05) is 0 Å². The Labute approximate surface area is 122 Å². The maximum Gasteiger partial charge on any atom is 0.328 e. The predicted molar refractivity (Wildman–Crippen MR) is 76.0 cm³/mol. The van der Waals surface area contributed by atoms with Crippen LogP contribution in [0.4, 0.5) is 0 Å². The Morgan fingerprint density at radius 2 is 1.81 bits per heavy atom. The van der Waals surface area contributed by atoms with Gasteiger partial charge in [-0.05, 0) is 18.2 Å². The molecule has 0 radical (unpaired) electrons. The van der Waals surface area contributed by atoms with Gasteiger partial charge < -0.3 is 4.98 Å². The summed E-state index contributed by atoms with van der Waals surface area (Å²) in [4.78, 5) is 6.11. The van der Waals surface area contributed by atoms with Crippen LogP contribution in [0.2, 0.25) is 0 Å². The van der Waals surface area contributed by atoms with E-state index in [2.05, 4.69) is 9.97 Å². The number of H-pyrrole nitrogens is 1. The summed E-state index contributed by atoms with van der Waals surface area (Å²) in [5.41, 5.74) is 0.469. The van der Waals surface area contributed by atoms with Crippen molar-refractivity contribution in [1.29, 1.82) is 0 Å². The average Bonchev–Trinajstić information content (AvgIpc) is 2.82. The van der Waals surface area contributed by atoms with Gasteiger partial charge in [0.15, 0.2) is 0 Å². The molecule has 2 rings (SSSR count). The smallest absolute Gasteiger partial charge is 0.327 e. The van der Waals surface area contributed by atoms with Crippen molar-refractivity contribution in [3.63, 3.8) is 0 Å². The molecule has 1 heterocycles. The monoisotopic (exact) mass is 333 g/mol. The van der Waals surface area contributed by atoms with Crippen molar-refractivity contribution in [1.82, 2.24) is 14.3 Å². The van der Waals surface area contributed by atoms with E-state index < -0.39 is 25.3 Å². The standard InChI is InChI=1S/C11H15N3O5S2/c1-3-14(4-2)20(15,16)8-5-6-9-10(7-8)13-11(12-9)21(17,18)19/h5-7H,3-4H2,1-2H3,(H,12,13)(H,17,18,19). The molecule has 2 N–H and O–H groups in total. The highest BCUT2D eigenvalue weighted by Gasteiger charge is 2.23. The number of aromatic amines is 1. The van der Waals surface area contributed by atoms with Crippen molar-refractivity contribution >= 4 is 31.2 Å². The number of hydrogen-bond donors (Lipinski definition) is 2. The zero-order valence-corrected chi connectivity index (χ0v) is 13.1. The molecule has 0 saturated carbocycles. The zero-order valence-electron chi connectivity index (χ0n) is 11.4. The fraction of sp³-hybridized carbons (Fsp3) is 0.364. The lowest BCUT2D eigenvalue weighted by molar-refractivity contribution is 0.445. The van der Waals surface area contributed by atoms with Gasteiger partial charge in [0.2, 0.25) is 10.0 Å². The van der Waals surface area contributed by atoms with Crippen LogP contribution in [-0.2, 0) is 20.1 Å². The largest absolute Gasteiger partial charge is 0.328 e. The number of fused-ring (bicyclic) bond motifs is 1. The summed E-state index contributed by atoms with van der Waals surface area (Å²) in [6.45, 7) is 4.12. The fourth-order valence-electron chi connectivity index (χ4n) is 1.96. The average molecular weight is 333 g/mol.